The van der Waals surface area contributed by atoms with Gasteiger partial charge in [-0.15, -0.1) is 0 Å². The molecule has 3 N–H and O–H groups in total. The predicted molar refractivity (Wildman–Crippen MR) is 124 cm³/mol. The van der Waals surface area contributed by atoms with Crippen LogP contribution in [0.2, 0.25) is 0 Å². The molecule has 0 saturated carbocycles. The van der Waals surface area contributed by atoms with Gasteiger partial charge in [-0.05, 0) is 85.3 Å². The van der Waals surface area contributed by atoms with Gasteiger partial charge in [-0.1, -0.05) is 24.3 Å². The molecule has 0 aliphatic heterocycles. The van der Waals surface area contributed by atoms with Gasteiger partial charge in [0.1, 0.15) is 5.69 Å². The van der Waals surface area contributed by atoms with E-state index in [9.17, 15) is 0 Å². The molecule has 150 valence electrons. The molecule has 30 heavy (non-hydrogen) atoms. The maximum atomic E-state index is 4.54. The van der Waals surface area contributed by atoms with Crippen molar-refractivity contribution in [1.29, 1.82) is 0 Å². The van der Waals surface area contributed by atoms with Crippen LogP contribution in [0.25, 0.3) is 11.1 Å². The van der Waals surface area contributed by atoms with Crippen LogP contribution >= 0.6 is 0 Å². The highest BCUT2D eigenvalue weighted by Crippen LogP contribution is 2.28. The molecule has 0 spiro atoms. The van der Waals surface area contributed by atoms with Crippen molar-refractivity contribution in [2.24, 2.45) is 0 Å². The first-order valence-corrected chi connectivity index (χ1v) is 10.2. The van der Waals surface area contributed by atoms with Gasteiger partial charge in [0.2, 0.25) is 5.82 Å². The fourth-order valence-corrected chi connectivity index (χ4v) is 3.91. The first-order chi connectivity index (χ1) is 14.5. The molecule has 0 radical (unpaired) electrons. The maximum Gasteiger partial charge on any atom is 0.273 e. The second kappa shape index (κ2) is 8.47. The molecule has 1 heterocycles. The van der Waals surface area contributed by atoms with E-state index in [0.717, 1.165) is 23.0 Å². The summed E-state index contributed by atoms with van der Waals surface area (Å²) in [7, 11) is 0. The fraction of sp³-hybridized carbons (Fsp3) is 0.154. The van der Waals surface area contributed by atoms with Crippen LogP contribution in [-0.2, 0) is 0 Å². The van der Waals surface area contributed by atoms with Gasteiger partial charge in [-0.25, -0.2) is 4.98 Å². The normalized spacial score (nSPS) is 10.8. The van der Waals surface area contributed by atoms with E-state index in [2.05, 4.69) is 109 Å². The first kappa shape index (κ1) is 19.8. The standard InChI is InChI=1S/C26H26N4/c1-17-14-18(2)16-23(15-17)30-26-25(27-12-13-28-26)29-22-10-8-21(9-11-22)24-19(3)6-5-7-20(24)4/h5-16H,1-4H3,(H,27,29)(H,28,30)/p+1. The number of aryl methyl sites for hydroxylation is 4. The number of rotatable bonds is 5. The highest BCUT2D eigenvalue weighted by atomic mass is 15.1. The number of nitrogens with zero attached hydrogens (tertiary/aromatic N) is 2. The van der Waals surface area contributed by atoms with Crippen LogP contribution in [0.15, 0.2) is 73.1 Å². The van der Waals surface area contributed by atoms with Gasteiger partial charge in [-0.3, -0.25) is 5.32 Å². The first-order valence-electron chi connectivity index (χ1n) is 10.2. The fourth-order valence-electron chi connectivity index (χ4n) is 3.91. The van der Waals surface area contributed by atoms with Gasteiger partial charge in [-0.2, -0.15) is 4.98 Å². The van der Waals surface area contributed by atoms with Gasteiger partial charge in [0.05, 0.1) is 6.20 Å². The Labute approximate surface area is 178 Å². The lowest BCUT2D eigenvalue weighted by Crippen LogP contribution is -2.71. The number of nitrogens with one attached hydrogen (secondary N) is 1. The summed E-state index contributed by atoms with van der Waals surface area (Å²) in [6.45, 7) is 8.51. The Morgan fingerprint density at radius 1 is 0.733 bits per heavy atom. The third-order valence-electron chi connectivity index (χ3n) is 5.19. The van der Waals surface area contributed by atoms with Gasteiger partial charge < -0.3 is 5.32 Å². The Hall–Kier alpha value is -3.50. The molecule has 0 aliphatic rings. The van der Waals surface area contributed by atoms with Crippen molar-refractivity contribution in [3.63, 3.8) is 0 Å². The van der Waals surface area contributed by atoms with Crippen LogP contribution in [0.3, 0.4) is 0 Å². The van der Waals surface area contributed by atoms with Crippen molar-refractivity contribution in [2.45, 2.75) is 27.7 Å². The zero-order valence-corrected chi connectivity index (χ0v) is 17.9. The van der Waals surface area contributed by atoms with Crippen molar-refractivity contribution < 1.29 is 5.32 Å². The number of anilines is 2. The van der Waals surface area contributed by atoms with E-state index in [1.54, 1.807) is 12.4 Å². The van der Waals surface area contributed by atoms with E-state index in [1.165, 1.54) is 33.4 Å². The quantitative estimate of drug-likeness (QED) is 0.430. The molecule has 1 aromatic heterocycles. The Morgan fingerprint density at radius 2 is 1.37 bits per heavy atom. The summed E-state index contributed by atoms with van der Waals surface area (Å²) in [6, 6.07) is 21.4. The average Bonchev–Trinajstić information content (AvgIpc) is 2.70. The number of hydrogen-bond acceptors (Lipinski definition) is 3. The smallest absolute Gasteiger partial charge is 0.273 e. The molecule has 4 heteroatoms. The largest absolute Gasteiger partial charge is 0.334 e. The van der Waals surface area contributed by atoms with E-state index < -0.39 is 0 Å². The van der Waals surface area contributed by atoms with Crippen molar-refractivity contribution >= 4 is 23.0 Å². The Bertz CT molecular complexity index is 1140. The summed E-state index contributed by atoms with van der Waals surface area (Å²) in [5.41, 5.74) is 9.67. The minimum Gasteiger partial charge on any atom is -0.334 e. The number of hydrogen-bond donors (Lipinski definition) is 2. The molecule has 4 rings (SSSR count). The third-order valence-corrected chi connectivity index (χ3v) is 5.19. The van der Waals surface area contributed by atoms with Crippen LogP contribution in [-0.4, -0.2) is 9.97 Å². The lowest BCUT2D eigenvalue weighted by Gasteiger charge is -2.11. The average molecular weight is 396 g/mol. The summed E-state index contributed by atoms with van der Waals surface area (Å²) in [5.74, 6) is 1.57. The van der Waals surface area contributed by atoms with E-state index in [-0.39, 0.29) is 0 Å². The van der Waals surface area contributed by atoms with Gasteiger partial charge in [0.15, 0.2) is 0 Å². The third kappa shape index (κ3) is 4.39. The van der Waals surface area contributed by atoms with Gasteiger partial charge in [0, 0.05) is 24.0 Å². The highest BCUT2D eigenvalue weighted by molar-refractivity contribution is 5.71. The molecule has 0 bridgehead atoms. The number of aromatic nitrogens is 2. The van der Waals surface area contributed by atoms with Crippen molar-refractivity contribution in [3.8, 4) is 11.1 Å². The second-order valence-electron chi connectivity index (χ2n) is 7.82. The van der Waals surface area contributed by atoms with Crippen LogP contribution in [0.5, 0.6) is 0 Å². The van der Waals surface area contributed by atoms with E-state index >= 15 is 0 Å². The minimum atomic E-state index is 0.751. The van der Waals surface area contributed by atoms with Gasteiger partial charge >= 0.3 is 0 Å². The van der Waals surface area contributed by atoms with E-state index in [0.29, 0.717) is 0 Å². The zero-order chi connectivity index (χ0) is 21.1. The minimum absolute atomic E-state index is 0.751. The zero-order valence-electron chi connectivity index (χ0n) is 17.9. The van der Waals surface area contributed by atoms with Crippen molar-refractivity contribution in [1.82, 2.24) is 9.97 Å². The van der Waals surface area contributed by atoms with Crippen molar-refractivity contribution in [3.05, 3.63) is 95.3 Å². The molecule has 0 fully saturated rings. The molecule has 0 unspecified atom stereocenters. The molecule has 0 atom stereocenters. The lowest BCUT2D eigenvalue weighted by atomic mass is 9.96. The highest BCUT2D eigenvalue weighted by Gasteiger charge is 2.12. The van der Waals surface area contributed by atoms with Crippen LogP contribution in [0.1, 0.15) is 22.3 Å². The number of quaternary nitrogens is 1. The predicted octanol–water partition coefficient (Wildman–Crippen LogP) is 5.65. The Kier molecular flexibility index (Phi) is 5.59. The monoisotopic (exact) mass is 395 g/mol. The Morgan fingerprint density at radius 3 is 2.03 bits per heavy atom. The van der Waals surface area contributed by atoms with Gasteiger partial charge in [0.25, 0.3) is 5.82 Å². The molecule has 4 nitrogen and oxygen atoms in total. The molecular formula is C26H27N4+. The van der Waals surface area contributed by atoms with E-state index in [4.69, 9.17) is 0 Å². The lowest BCUT2D eigenvalue weighted by molar-refractivity contribution is -0.482. The van der Waals surface area contributed by atoms with Crippen LogP contribution < -0.4 is 10.6 Å². The van der Waals surface area contributed by atoms with Crippen molar-refractivity contribution in [2.75, 3.05) is 5.32 Å². The topological polar surface area (TPSA) is 54.4 Å². The molecule has 0 saturated heterocycles. The maximum absolute atomic E-state index is 4.54. The van der Waals surface area contributed by atoms with E-state index in [1.807, 2.05) is 0 Å². The molecular weight excluding hydrogens is 368 g/mol. The SMILES string of the molecule is Cc1cc(C)cc(Nc2nccnc2[NH2+]c2ccc(-c3c(C)cccc3C)cc2)c1. The Balaban J connectivity index is 1.58. The number of benzene rings is 3. The van der Waals surface area contributed by atoms with Crippen LogP contribution in [0, 0.1) is 27.7 Å². The summed E-state index contributed by atoms with van der Waals surface area (Å²) in [6.07, 6.45) is 3.44. The summed E-state index contributed by atoms with van der Waals surface area (Å²) in [5, 5.41) is 5.48. The van der Waals surface area contributed by atoms with Crippen LogP contribution in [0.4, 0.5) is 23.0 Å². The summed E-state index contributed by atoms with van der Waals surface area (Å²) >= 11 is 0. The molecule has 3 aromatic carbocycles. The number of nitrogens with two attached hydrogens (primary N) is 1. The summed E-state index contributed by atoms with van der Waals surface area (Å²) in [4.78, 5) is 9.06. The second-order valence-corrected chi connectivity index (χ2v) is 7.82. The summed E-state index contributed by atoms with van der Waals surface area (Å²) < 4.78 is 0. The molecule has 4 aromatic rings. The molecule has 0 aliphatic carbocycles. The molecule has 0 amide bonds.